The maximum atomic E-state index is 12.6. The lowest BCUT2D eigenvalue weighted by Gasteiger charge is -2.41. The summed E-state index contributed by atoms with van der Waals surface area (Å²) in [6, 6.07) is -0.351. The van der Waals surface area contributed by atoms with Gasteiger partial charge < -0.3 is 15.0 Å². The largest absolute Gasteiger partial charge is 0.393 e. The highest BCUT2D eigenvalue weighted by Crippen LogP contribution is 2.34. The summed E-state index contributed by atoms with van der Waals surface area (Å²) in [5.41, 5.74) is 0. The van der Waals surface area contributed by atoms with Crippen molar-refractivity contribution >= 4 is 5.91 Å². The number of rotatable bonds is 1. The van der Waals surface area contributed by atoms with Crippen molar-refractivity contribution in [3.63, 3.8) is 0 Å². The molecular formula is C14H21F3N2O2. The maximum absolute atomic E-state index is 12.6. The van der Waals surface area contributed by atoms with Crippen LogP contribution in [0.4, 0.5) is 13.2 Å². The van der Waals surface area contributed by atoms with Crippen molar-refractivity contribution in [2.45, 2.75) is 56.5 Å². The van der Waals surface area contributed by atoms with Crippen LogP contribution in [0.25, 0.3) is 0 Å². The Morgan fingerprint density at radius 1 is 1.19 bits per heavy atom. The first-order chi connectivity index (χ1) is 9.97. The molecule has 3 rings (SSSR count). The second-order valence-electron chi connectivity index (χ2n) is 6.22. The minimum absolute atomic E-state index is 0.0331. The summed E-state index contributed by atoms with van der Waals surface area (Å²) in [6.07, 6.45) is -0.793. The second-order valence-corrected chi connectivity index (χ2v) is 6.22. The molecule has 2 aliphatic heterocycles. The van der Waals surface area contributed by atoms with Crippen molar-refractivity contribution in [2.75, 3.05) is 19.7 Å². The topological polar surface area (TPSA) is 41.6 Å². The number of morpholine rings is 1. The first kappa shape index (κ1) is 15.1. The molecule has 2 saturated heterocycles. The zero-order chi connectivity index (χ0) is 15.0. The van der Waals surface area contributed by atoms with Crippen LogP contribution in [0.5, 0.6) is 0 Å². The standard InChI is InChI=1S/C14H21F3N2O2/c15-14(16,17)9-4-5-10(18-8-9)13(20)19-6-7-21-12-3-1-2-11(12)19/h9-12,18H,1-8H2. The third kappa shape index (κ3) is 3.04. The highest BCUT2D eigenvalue weighted by molar-refractivity contribution is 5.82. The summed E-state index contributed by atoms with van der Waals surface area (Å²) in [4.78, 5) is 14.4. The first-order valence-electron chi connectivity index (χ1n) is 7.69. The third-order valence-electron chi connectivity index (χ3n) is 4.94. The van der Waals surface area contributed by atoms with E-state index in [1.807, 2.05) is 4.90 Å². The Morgan fingerprint density at radius 3 is 2.67 bits per heavy atom. The number of piperidine rings is 1. The van der Waals surface area contributed by atoms with Gasteiger partial charge >= 0.3 is 6.18 Å². The highest BCUT2D eigenvalue weighted by atomic mass is 19.4. The predicted octanol–water partition coefficient (Wildman–Crippen LogP) is 1.70. The fourth-order valence-corrected chi connectivity index (χ4v) is 3.75. The Kier molecular flexibility index (Phi) is 4.14. The van der Waals surface area contributed by atoms with E-state index < -0.39 is 18.1 Å². The fourth-order valence-electron chi connectivity index (χ4n) is 3.75. The normalized spacial score (nSPS) is 37.4. The van der Waals surface area contributed by atoms with Gasteiger partial charge in [0.15, 0.2) is 0 Å². The smallest absolute Gasteiger partial charge is 0.374 e. The lowest BCUT2D eigenvalue weighted by atomic mass is 9.93. The van der Waals surface area contributed by atoms with Gasteiger partial charge in [0.05, 0.1) is 30.7 Å². The van der Waals surface area contributed by atoms with Gasteiger partial charge in [-0.3, -0.25) is 4.79 Å². The Morgan fingerprint density at radius 2 is 2.00 bits per heavy atom. The van der Waals surface area contributed by atoms with Crippen molar-refractivity contribution in [2.24, 2.45) is 5.92 Å². The zero-order valence-electron chi connectivity index (χ0n) is 11.9. The van der Waals surface area contributed by atoms with Gasteiger partial charge in [-0.15, -0.1) is 0 Å². The summed E-state index contributed by atoms with van der Waals surface area (Å²) >= 11 is 0. The van der Waals surface area contributed by atoms with E-state index in [1.165, 1.54) is 0 Å². The molecule has 7 heteroatoms. The van der Waals surface area contributed by atoms with E-state index in [2.05, 4.69) is 5.32 Å². The minimum atomic E-state index is -4.17. The van der Waals surface area contributed by atoms with Gasteiger partial charge in [0, 0.05) is 13.1 Å². The lowest BCUT2D eigenvalue weighted by Crippen LogP contribution is -2.58. The fraction of sp³-hybridized carbons (Fsp3) is 0.929. The number of hydrogen-bond acceptors (Lipinski definition) is 3. The van der Waals surface area contributed by atoms with Crippen LogP contribution in [0.2, 0.25) is 0 Å². The number of hydrogen-bond donors (Lipinski definition) is 1. The van der Waals surface area contributed by atoms with Gasteiger partial charge in [-0.25, -0.2) is 0 Å². The number of carbonyl (C=O) groups excluding carboxylic acids is 1. The summed E-state index contributed by atoms with van der Waals surface area (Å²) in [6.45, 7) is 0.935. The van der Waals surface area contributed by atoms with E-state index in [4.69, 9.17) is 4.74 Å². The molecule has 0 aromatic heterocycles. The highest BCUT2D eigenvalue weighted by Gasteiger charge is 2.45. The average Bonchev–Trinajstić information content (AvgIpc) is 2.94. The van der Waals surface area contributed by atoms with E-state index in [-0.39, 0.29) is 37.4 Å². The summed E-state index contributed by atoms with van der Waals surface area (Å²) in [5.74, 6) is -1.37. The van der Waals surface area contributed by atoms with Crippen LogP contribution < -0.4 is 5.32 Å². The van der Waals surface area contributed by atoms with Crippen LogP contribution in [0.3, 0.4) is 0 Å². The van der Waals surface area contributed by atoms with E-state index >= 15 is 0 Å². The molecule has 0 aromatic rings. The minimum Gasteiger partial charge on any atom is -0.374 e. The summed E-state index contributed by atoms with van der Waals surface area (Å²) in [5, 5.41) is 2.80. The molecule has 3 fully saturated rings. The number of ether oxygens (including phenoxy) is 1. The van der Waals surface area contributed by atoms with Crippen LogP contribution in [-0.4, -0.2) is 54.9 Å². The van der Waals surface area contributed by atoms with Crippen LogP contribution >= 0.6 is 0 Å². The number of carbonyl (C=O) groups is 1. The molecule has 21 heavy (non-hydrogen) atoms. The quantitative estimate of drug-likeness (QED) is 0.802. The van der Waals surface area contributed by atoms with Gasteiger partial charge in [-0.2, -0.15) is 13.2 Å². The van der Waals surface area contributed by atoms with Crippen molar-refractivity contribution in [1.82, 2.24) is 10.2 Å². The molecule has 1 aliphatic carbocycles. The Balaban J connectivity index is 1.59. The molecule has 4 atom stereocenters. The van der Waals surface area contributed by atoms with Crippen molar-refractivity contribution < 1.29 is 22.7 Å². The molecule has 4 unspecified atom stereocenters. The molecule has 120 valence electrons. The van der Waals surface area contributed by atoms with Crippen LogP contribution in [-0.2, 0) is 9.53 Å². The van der Waals surface area contributed by atoms with Gasteiger partial charge in [-0.1, -0.05) is 0 Å². The predicted molar refractivity (Wildman–Crippen MR) is 69.7 cm³/mol. The van der Waals surface area contributed by atoms with Gasteiger partial charge in [0.25, 0.3) is 0 Å². The monoisotopic (exact) mass is 306 g/mol. The number of alkyl halides is 3. The number of nitrogens with zero attached hydrogens (tertiary/aromatic N) is 1. The van der Waals surface area contributed by atoms with Crippen molar-refractivity contribution in [1.29, 1.82) is 0 Å². The summed E-state index contributed by atoms with van der Waals surface area (Å²) < 4.78 is 43.6. The molecule has 0 radical (unpaired) electrons. The van der Waals surface area contributed by atoms with E-state index in [0.29, 0.717) is 13.2 Å². The molecule has 0 bridgehead atoms. The Hall–Kier alpha value is -0.820. The molecular weight excluding hydrogens is 285 g/mol. The van der Waals surface area contributed by atoms with Crippen LogP contribution in [0.1, 0.15) is 32.1 Å². The van der Waals surface area contributed by atoms with Gasteiger partial charge in [0.2, 0.25) is 5.91 Å². The summed E-state index contributed by atoms with van der Waals surface area (Å²) in [7, 11) is 0. The zero-order valence-corrected chi connectivity index (χ0v) is 11.9. The molecule has 0 spiro atoms. The molecule has 3 aliphatic rings. The molecule has 1 N–H and O–H groups in total. The number of amides is 1. The molecule has 2 heterocycles. The number of fused-ring (bicyclic) bond motifs is 1. The first-order valence-corrected chi connectivity index (χ1v) is 7.69. The average molecular weight is 306 g/mol. The van der Waals surface area contributed by atoms with Gasteiger partial charge in [-0.05, 0) is 32.1 Å². The lowest BCUT2D eigenvalue weighted by molar-refractivity contribution is -0.181. The number of halogens is 3. The van der Waals surface area contributed by atoms with E-state index in [0.717, 1.165) is 19.3 Å². The van der Waals surface area contributed by atoms with E-state index in [1.54, 1.807) is 0 Å². The maximum Gasteiger partial charge on any atom is 0.393 e. The van der Waals surface area contributed by atoms with E-state index in [9.17, 15) is 18.0 Å². The van der Waals surface area contributed by atoms with Crippen LogP contribution in [0.15, 0.2) is 0 Å². The Bertz CT molecular complexity index is 394. The number of nitrogens with one attached hydrogen (secondary N) is 1. The van der Waals surface area contributed by atoms with Crippen molar-refractivity contribution in [3.05, 3.63) is 0 Å². The molecule has 0 aromatic carbocycles. The SMILES string of the molecule is O=C(C1CCC(C(F)(F)F)CN1)N1CCOC2CCCC21. The van der Waals surface area contributed by atoms with Crippen molar-refractivity contribution in [3.8, 4) is 0 Å². The molecule has 4 nitrogen and oxygen atoms in total. The second kappa shape index (κ2) is 5.76. The molecule has 1 saturated carbocycles. The third-order valence-corrected chi connectivity index (χ3v) is 4.94. The van der Waals surface area contributed by atoms with Crippen LogP contribution in [0, 0.1) is 5.92 Å². The Labute approximate surface area is 122 Å². The van der Waals surface area contributed by atoms with Gasteiger partial charge in [0.1, 0.15) is 0 Å². The molecule has 1 amide bonds.